The lowest BCUT2D eigenvalue weighted by Gasteiger charge is -2.08. The van der Waals surface area contributed by atoms with Gasteiger partial charge in [-0.2, -0.15) is 5.06 Å². The van der Waals surface area contributed by atoms with Crippen molar-refractivity contribution in [3.8, 4) is 0 Å². The highest BCUT2D eigenvalue weighted by Gasteiger charge is 1.84. The van der Waals surface area contributed by atoms with E-state index in [0.717, 1.165) is 0 Å². The van der Waals surface area contributed by atoms with Crippen LogP contribution in [0.15, 0.2) is 0 Å². The second-order valence-electron chi connectivity index (χ2n) is 1.41. The van der Waals surface area contributed by atoms with Crippen molar-refractivity contribution in [1.82, 2.24) is 10.5 Å². The summed E-state index contributed by atoms with van der Waals surface area (Å²) in [4.78, 5) is 9.46. The molecule has 0 unspecified atom stereocenters. The van der Waals surface area contributed by atoms with Crippen LogP contribution in [0.1, 0.15) is 0 Å². The molecule has 1 N–H and O–H groups in total. The average Bonchev–Trinajstić information content (AvgIpc) is 1.66. The van der Waals surface area contributed by atoms with Crippen molar-refractivity contribution in [3.05, 3.63) is 0 Å². The summed E-state index contributed by atoms with van der Waals surface area (Å²) in [6.07, 6.45) is 0. The molecule has 0 aliphatic carbocycles. The summed E-state index contributed by atoms with van der Waals surface area (Å²) in [5, 5.41) is 1.57. The van der Waals surface area contributed by atoms with Crippen LogP contribution in [0.25, 0.3) is 0 Å². The molecule has 0 spiro atoms. The Morgan fingerprint density at radius 2 is 2.12 bits per heavy atom. The lowest BCUT2D eigenvalue weighted by Crippen LogP contribution is -2.18. The second kappa shape index (κ2) is 4.99. The van der Waals surface area contributed by atoms with Crippen molar-refractivity contribution >= 4 is 0 Å². The van der Waals surface area contributed by atoms with E-state index in [2.05, 4.69) is 10.3 Å². The van der Waals surface area contributed by atoms with Gasteiger partial charge in [-0.1, -0.05) is 0 Å². The fourth-order valence-corrected chi connectivity index (χ4v) is 0.191. The van der Waals surface area contributed by atoms with Gasteiger partial charge in [0.2, 0.25) is 0 Å². The first-order valence-corrected chi connectivity index (χ1v) is 2.36. The Bertz CT molecular complexity index is 49.3. The van der Waals surface area contributed by atoms with Gasteiger partial charge in [0, 0.05) is 21.1 Å². The molecule has 0 saturated heterocycles. The molecule has 50 valence electrons. The highest BCUT2D eigenvalue weighted by Crippen LogP contribution is 1.75. The van der Waals surface area contributed by atoms with E-state index in [1.54, 1.807) is 26.2 Å². The zero-order chi connectivity index (χ0) is 6.41. The Labute approximate surface area is 49.3 Å². The molecule has 0 aliphatic heterocycles. The van der Waals surface area contributed by atoms with E-state index in [1.807, 2.05) is 0 Å². The predicted octanol–water partition coefficient (Wildman–Crippen LogP) is -0.412. The molecule has 0 heterocycles. The highest BCUT2D eigenvalue weighted by molar-refractivity contribution is 4.03. The Balaban J connectivity index is 2.72. The Kier molecular flexibility index (Phi) is 4.89. The summed E-state index contributed by atoms with van der Waals surface area (Å²) in [6, 6.07) is 0. The molecule has 0 aromatic heterocycles. The first-order chi connectivity index (χ1) is 3.77. The number of nitrogens with zero attached hydrogens (tertiary/aromatic N) is 1. The molecule has 0 fully saturated rings. The van der Waals surface area contributed by atoms with Crippen LogP contribution in [0.2, 0.25) is 0 Å². The lowest BCUT2D eigenvalue weighted by molar-refractivity contribution is -0.214. The largest absolute Gasteiger partial charge is 0.272 e. The van der Waals surface area contributed by atoms with Crippen LogP contribution >= 0.6 is 0 Å². The maximum atomic E-state index is 4.83. The van der Waals surface area contributed by atoms with E-state index >= 15 is 0 Å². The predicted molar refractivity (Wildman–Crippen MR) is 29.8 cm³/mol. The molecule has 0 amide bonds. The summed E-state index contributed by atoms with van der Waals surface area (Å²) in [5.74, 6) is 0. The number of hydroxylamine groups is 3. The average molecular weight is 120 g/mol. The zero-order valence-corrected chi connectivity index (χ0v) is 5.47. The van der Waals surface area contributed by atoms with E-state index < -0.39 is 0 Å². The summed E-state index contributed by atoms with van der Waals surface area (Å²) in [7, 11) is 5.26. The maximum absolute atomic E-state index is 4.83. The molecule has 4 heteroatoms. The molecule has 0 aromatic carbocycles. The van der Waals surface area contributed by atoms with Crippen LogP contribution in [-0.2, 0) is 9.68 Å². The smallest absolute Gasteiger partial charge is 0.187 e. The molecule has 8 heavy (non-hydrogen) atoms. The van der Waals surface area contributed by atoms with E-state index in [-0.39, 0.29) is 6.79 Å². The van der Waals surface area contributed by atoms with Crippen molar-refractivity contribution in [1.29, 1.82) is 0 Å². The van der Waals surface area contributed by atoms with Gasteiger partial charge in [0.15, 0.2) is 6.79 Å². The topological polar surface area (TPSA) is 33.7 Å². The van der Waals surface area contributed by atoms with Crippen LogP contribution in [0.4, 0.5) is 0 Å². The van der Waals surface area contributed by atoms with Gasteiger partial charge >= 0.3 is 0 Å². The van der Waals surface area contributed by atoms with Gasteiger partial charge < -0.3 is 0 Å². The van der Waals surface area contributed by atoms with Crippen LogP contribution in [0.3, 0.4) is 0 Å². The molecule has 0 radical (unpaired) electrons. The number of hydrogen-bond donors (Lipinski definition) is 1. The van der Waals surface area contributed by atoms with E-state index in [9.17, 15) is 0 Å². The SMILES string of the molecule is CNOCON(C)C. The summed E-state index contributed by atoms with van der Waals surface area (Å²) in [5.41, 5.74) is 2.47. The van der Waals surface area contributed by atoms with Crippen molar-refractivity contribution in [2.75, 3.05) is 27.9 Å². The zero-order valence-electron chi connectivity index (χ0n) is 5.47. The van der Waals surface area contributed by atoms with Crippen molar-refractivity contribution in [3.63, 3.8) is 0 Å². The normalized spacial score (nSPS) is 10.5. The van der Waals surface area contributed by atoms with Gasteiger partial charge in [0.1, 0.15) is 0 Å². The number of nitrogens with one attached hydrogen (secondary N) is 1. The van der Waals surface area contributed by atoms with E-state index in [1.165, 1.54) is 0 Å². The Morgan fingerprint density at radius 3 is 2.50 bits per heavy atom. The molecular weight excluding hydrogens is 108 g/mol. The third kappa shape index (κ3) is 5.84. The quantitative estimate of drug-likeness (QED) is 0.310. The van der Waals surface area contributed by atoms with Gasteiger partial charge in [-0.05, 0) is 0 Å². The molecule has 0 rings (SSSR count). The van der Waals surface area contributed by atoms with Crippen molar-refractivity contribution in [2.24, 2.45) is 0 Å². The van der Waals surface area contributed by atoms with Gasteiger partial charge in [0.05, 0.1) is 0 Å². The number of hydrogen-bond acceptors (Lipinski definition) is 4. The van der Waals surface area contributed by atoms with Crippen LogP contribution in [0, 0.1) is 0 Å². The number of rotatable bonds is 4. The Hall–Kier alpha value is -0.160. The fraction of sp³-hybridized carbons (Fsp3) is 1.00. The van der Waals surface area contributed by atoms with Crippen LogP contribution in [0.5, 0.6) is 0 Å². The van der Waals surface area contributed by atoms with E-state index in [4.69, 9.17) is 4.84 Å². The Morgan fingerprint density at radius 1 is 1.50 bits per heavy atom. The highest BCUT2D eigenvalue weighted by atomic mass is 16.8. The molecule has 4 nitrogen and oxygen atoms in total. The van der Waals surface area contributed by atoms with Crippen LogP contribution < -0.4 is 5.48 Å². The van der Waals surface area contributed by atoms with Gasteiger partial charge in [-0.3, -0.25) is 9.68 Å². The van der Waals surface area contributed by atoms with Gasteiger partial charge in [-0.15, -0.1) is 0 Å². The van der Waals surface area contributed by atoms with Gasteiger partial charge in [0.25, 0.3) is 0 Å². The molecule has 0 atom stereocenters. The second-order valence-corrected chi connectivity index (χ2v) is 1.41. The minimum absolute atomic E-state index is 0.240. The fourth-order valence-electron chi connectivity index (χ4n) is 0.191. The van der Waals surface area contributed by atoms with E-state index in [0.29, 0.717) is 0 Å². The lowest BCUT2D eigenvalue weighted by atomic mass is 11.2. The molecule has 0 aromatic rings. The third-order valence-electron chi connectivity index (χ3n) is 0.514. The monoisotopic (exact) mass is 120 g/mol. The summed E-state index contributed by atoms with van der Waals surface area (Å²) < 4.78 is 0. The molecule has 0 bridgehead atoms. The molecule has 0 saturated carbocycles. The third-order valence-corrected chi connectivity index (χ3v) is 0.514. The van der Waals surface area contributed by atoms with Gasteiger partial charge in [-0.25, -0.2) is 5.48 Å². The van der Waals surface area contributed by atoms with Crippen molar-refractivity contribution < 1.29 is 9.68 Å². The maximum Gasteiger partial charge on any atom is 0.187 e. The first-order valence-electron chi connectivity index (χ1n) is 2.36. The molecule has 0 aliphatic rings. The van der Waals surface area contributed by atoms with Crippen LogP contribution in [-0.4, -0.2) is 33.0 Å². The van der Waals surface area contributed by atoms with Crippen molar-refractivity contribution in [2.45, 2.75) is 0 Å². The summed E-state index contributed by atoms with van der Waals surface area (Å²) in [6.45, 7) is 0.240. The minimum atomic E-state index is 0.240. The first kappa shape index (κ1) is 7.84. The molecular formula is C4H12N2O2. The minimum Gasteiger partial charge on any atom is -0.272 e. The standard InChI is InChI=1S/C4H12N2O2/c1-5-7-4-8-6(2)3/h5H,4H2,1-3H3. The summed E-state index contributed by atoms with van der Waals surface area (Å²) >= 11 is 0.